The summed E-state index contributed by atoms with van der Waals surface area (Å²) in [5, 5.41) is 2.75. The van der Waals surface area contributed by atoms with Crippen molar-refractivity contribution in [1.82, 2.24) is 5.32 Å². The molecular formula is C11H13BrClNO3S. The summed E-state index contributed by atoms with van der Waals surface area (Å²) in [6.45, 7) is 5.50. The monoisotopic (exact) mass is 353 g/mol. The fourth-order valence-electron chi connectivity index (χ4n) is 1.24. The molecule has 4 nitrogen and oxygen atoms in total. The molecule has 0 bridgehead atoms. The van der Waals surface area contributed by atoms with E-state index in [2.05, 4.69) is 21.2 Å². The van der Waals surface area contributed by atoms with Crippen LogP contribution in [0, 0.1) is 0 Å². The highest BCUT2D eigenvalue weighted by molar-refractivity contribution is 9.10. The number of hydrogen-bond acceptors (Lipinski definition) is 3. The molecule has 0 aromatic heterocycles. The van der Waals surface area contributed by atoms with Crippen LogP contribution in [0.5, 0.6) is 0 Å². The van der Waals surface area contributed by atoms with Crippen LogP contribution < -0.4 is 5.32 Å². The van der Waals surface area contributed by atoms with E-state index < -0.39 is 14.6 Å². The van der Waals surface area contributed by atoms with Gasteiger partial charge in [0, 0.05) is 20.7 Å². The number of nitrogens with one attached hydrogen (secondary N) is 1. The molecule has 100 valence electrons. The SMILES string of the molecule is CC(C)(C)NC(=O)c1cc(S(=O)(=O)Cl)ccc1Br. The van der Waals surface area contributed by atoms with Gasteiger partial charge in [0.05, 0.1) is 10.5 Å². The maximum absolute atomic E-state index is 12.0. The average Bonchev–Trinajstić information content (AvgIpc) is 2.13. The Morgan fingerprint density at radius 3 is 2.33 bits per heavy atom. The highest BCUT2D eigenvalue weighted by Crippen LogP contribution is 2.23. The molecule has 0 heterocycles. The topological polar surface area (TPSA) is 63.2 Å². The zero-order valence-corrected chi connectivity index (χ0v) is 13.3. The second-order valence-electron chi connectivity index (χ2n) is 4.78. The Balaban J connectivity index is 3.21. The maximum atomic E-state index is 12.0. The quantitative estimate of drug-likeness (QED) is 0.831. The van der Waals surface area contributed by atoms with Gasteiger partial charge in [-0.2, -0.15) is 0 Å². The van der Waals surface area contributed by atoms with E-state index in [0.29, 0.717) is 4.47 Å². The van der Waals surface area contributed by atoms with E-state index in [1.165, 1.54) is 18.2 Å². The van der Waals surface area contributed by atoms with E-state index in [1.54, 1.807) is 0 Å². The van der Waals surface area contributed by atoms with Crippen LogP contribution in [0.25, 0.3) is 0 Å². The van der Waals surface area contributed by atoms with Crippen LogP contribution in [0.2, 0.25) is 0 Å². The van der Waals surface area contributed by atoms with Crippen molar-refractivity contribution >= 4 is 41.6 Å². The molecule has 0 aliphatic carbocycles. The van der Waals surface area contributed by atoms with Crippen LogP contribution >= 0.6 is 26.6 Å². The number of benzene rings is 1. The van der Waals surface area contributed by atoms with Gasteiger partial charge in [0.15, 0.2) is 0 Å². The molecule has 18 heavy (non-hydrogen) atoms. The van der Waals surface area contributed by atoms with E-state index in [4.69, 9.17) is 10.7 Å². The first-order valence-electron chi connectivity index (χ1n) is 5.07. The fourth-order valence-corrected chi connectivity index (χ4v) is 2.44. The van der Waals surface area contributed by atoms with Crippen molar-refractivity contribution in [2.45, 2.75) is 31.2 Å². The van der Waals surface area contributed by atoms with E-state index in [-0.39, 0.29) is 16.4 Å². The third kappa shape index (κ3) is 4.26. The van der Waals surface area contributed by atoms with Gasteiger partial charge < -0.3 is 5.32 Å². The summed E-state index contributed by atoms with van der Waals surface area (Å²) in [4.78, 5) is 11.9. The summed E-state index contributed by atoms with van der Waals surface area (Å²) in [5.41, 5.74) is -0.182. The Labute approximate surface area is 119 Å². The average molecular weight is 355 g/mol. The third-order valence-electron chi connectivity index (χ3n) is 1.95. The predicted molar refractivity (Wildman–Crippen MR) is 74.4 cm³/mol. The van der Waals surface area contributed by atoms with E-state index >= 15 is 0 Å². The van der Waals surface area contributed by atoms with Crippen LogP contribution in [0.1, 0.15) is 31.1 Å². The lowest BCUT2D eigenvalue weighted by Crippen LogP contribution is -2.40. The molecule has 0 fully saturated rings. The zero-order chi connectivity index (χ0) is 14.1. The Hall–Kier alpha value is -0.590. The van der Waals surface area contributed by atoms with Crippen LogP contribution in [-0.2, 0) is 9.05 Å². The van der Waals surface area contributed by atoms with Crippen molar-refractivity contribution in [3.8, 4) is 0 Å². The largest absolute Gasteiger partial charge is 0.347 e. The van der Waals surface area contributed by atoms with Crippen molar-refractivity contribution in [1.29, 1.82) is 0 Å². The summed E-state index contributed by atoms with van der Waals surface area (Å²) in [5.74, 6) is -0.364. The van der Waals surface area contributed by atoms with Crippen LogP contribution in [0.15, 0.2) is 27.6 Å². The normalized spacial score (nSPS) is 12.3. The molecule has 0 spiro atoms. The second-order valence-corrected chi connectivity index (χ2v) is 8.20. The number of halogens is 2. The number of hydrogen-bond donors (Lipinski definition) is 1. The molecule has 0 saturated carbocycles. The standard InChI is InChI=1S/C11H13BrClNO3S/c1-11(2,3)14-10(15)8-6-7(18(13,16)17)4-5-9(8)12/h4-6H,1-3H3,(H,14,15). The molecule has 1 aromatic carbocycles. The number of rotatable bonds is 2. The van der Waals surface area contributed by atoms with Gasteiger partial charge in [-0.3, -0.25) is 4.79 Å². The minimum Gasteiger partial charge on any atom is -0.347 e. The van der Waals surface area contributed by atoms with Crippen molar-refractivity contribution in [2.75, 3.05) is 0 Å². The molecule has 0 saturated heterocycles. The Morgan fingerprint density at radius 2 is 1.89 bits per heavy atom. The van der Waals surface area contributed by atoms with Crippen LogP contribution in [0.3, 0.4) is 0 Å². The molecule has 0 aliphatic heterocycles. The van der Waals surface area contributed by atoms with E-state index in [1.807, 2.05) is 20.8 Å². The molecule has 1 rings (SSSR count). The van der Waals surface area contributed by atoms with Crippen molar-refractivity contribution in [3.05, 3.63) is 28.2 Å². The lowest BCUT2D eigenvalue weighted by atomic mass is 10.1. The molecule has 1 amide bonds. The van der Waals surface area contributed by atoms with Gasteiger partial charge >= 0.3 is 0 Å². The molecular weight excluding hydrogens is 342 g/mol. The van der Waals surface area contributed by atoms with Crippen molar-refractivity contribution < 1.29 is 13.2 Å². The Bertz CT molecular complexity index is 578. The molecule has 0 aliphatic rings. The summed E-state index contributed by atoms with van der Waals surface area (Å²) in [6, 6.07) is 4.06. The van der Waals surface area contributed by atoms with Gasteiger partial charge in [-0.15, -0.1) is 0 Å². The van der Waals surface area contributed by atoms with E-state index in [9.17, 15) is 13.2 Å². The molecule has 0 radical (unpaired) electrons. The summed E-state index contributed by atoms with van der Waals surface area (Å²) >= 11 is 3.21. The van der Waals surface area contributed by atoms with Crippen LogP contribution in [-0.4, -0.2) is 19.9 Å². The molecule has 1 aromatic rings. The Morgan fingerprint density at radius 1 is 1.33 bits per heavy atom. The molecule has 7 heteroatoms. The number of carbonyl (C=O) groups is 1. The first kappa shape index (κ1) is 15.5. The highest BCUT2D eigenvalue weighted by atomic mass is 79.9. The predicted octanol–water partition coefficient (Wildman–Crippen LogP) is 2.90. The summed E-state index contributed by atoms with van der Waals surface area (Å²) < 4.78 is 23.0. The first-order valence-corrected chi connectivity index (χ1v) is 8.18. The van der Waals surface area contributed by atoms with E-state index in [0.717, 1.165) is 0 Å². The van der Waals surface area contributed by atoms with Crippen LogP contribution in [0.4, 0.5) is 0 Å². The molecule has 0 atom stereocenters. The molecule has 0 unspecified atom stereocenters. The minimum absolute atomic E-state index is 0.105. The maximum Gasteiger partial charge on any atom is 0.261 e. The summed E-state index contributed by atoms with van der Waals surface area (Å²) in [7, 11) is 1.40. The van der Waals surface area contributed by atoms with Gasteiger partial charge in [0.25, 0.3) is 15.0 Å². The highest BCUT2D eigenvalue weighted by Gasteiger charge is 2.20. The number of amides is 1. The first-order chi connectivity index (χ1) is 8.00. The molecule has 1 N–H and O–H groups in total. The van der Waals surface area contributed by atoms with Crippen molar-refractivity contribution in [2.24, 2.45) is 0 Å². The minimum atomic E-state index is -3.85. The van der Waals surface area contributed by atoms with Gasteiger partial charge in [-0.1, -0.05) is 0 Å². The number of carbonyl (C=O) groups excluding carboxylic acids is 1. The van der Waals surface area contributed by atoms with Gasteiger partial charge in [-0.25, -0.2) is 8.42 Å². The lowest BCUT2D eigenvalue weighted by molar-refractivity contribution is 0.0918. The smallest absolute Gasteiger partial charge is 0.261 e. The zero-order valence-electron chi connectivity index (χ0n) is 10.1. The third-order valence-corrected chi connectivity index (χ3v) is 4.00. The van der Waals surface area contributed by atoms with Gasteiger partial charge in [-0.05, 0) is 54.9 Å². The Kier molecular flexibility index (Phi) is 4.46. The van der Waals surface area contributed by atoms with Gasteiger partial charge in [0.2, 0.25) is 0 Å². The van der Waals surface area contributed by atoms with Crippen molar-refractivity contribution in [3.63, 3.8) is 0 Å². The summed E-state index contributed by atoms with van der Waals surface area (Å²) in [6.07, 6.45) is 0. The fraction of sp³-hybridized carbons (Fsp3) is 0.364. The lowest BCUT2D eigenvalue weighted by Gasteiger charge is -2.21. The second kappa shape index (κ2) is 5.19. The van der Waals surface area contributed by atoms with Gasteiger partial charge in [0.1, 0.15) is 0 Å².